The summed E-state index contributed by atoms with van der Waals surface area (Å²) in [5.74, 6) is 0.370. The Kier molecular flexibility index (Phi) is 3.75. The van der Waals surface area contributed by atoms with Crippen molar-refractivity contribution in [2.24, 2.45) is 0 Å². The quantitative estimate of drug-likeness (QED) is 0.710. The minimum Gasteiger partial charge on any atom is -0.457 e. The first kappa shape index (κ1) is 13.5. The molecule has 1 N–H and O–H groups in total. The van der Waals surface area contributed by atoms with Gasteiger partial charge in [0.2, 0.25) is 5.91 Å². The zero-order valence-electron chi connectivity index (χ0n) is 11.0. The van der Waals surface area contributed by atoms with E-state index < -0.39 is 0 Å². The lowest BCUT2D eigenvalue weighted by atomic mass is 10.2. The number of anilines is 1. The SMILES string of the molecule is O=C(/C=C/c1cc2ccccc2o1)Nc1ccccc1Cl. The third kappa shape index (κ3) is 3.15. The van der Waals surface area contributed by atoms with Crippen LogP contribution in [0, 0.1) is 0 Å². The van der Waals surface area contributed by atoms with Crippen molar-refractivity contribution in [2.45, 2.75) is 0 Å². The number of amides is 1. The summed E-state index contributed by atoms with van der Waals surface area (Å²) >= 11 is 5.98. The third-order valence-corrected chi connectivity index (χ3v) is 3.30. The number of furan rings is 1. The zero-order chi connectivity index (χ0) is 14.7. The largest absolute Gasteiger partial charge is 0.457 e. The molecule has 2 aromatic carbocycles. The molecule has 3 nitrogen and oxygen atoms in total. The maximum absolute atomic E-state index is 11.9. The van der Waals surface area contributed by atoms with E-state index in [9.17, 15) is 4.79 Å². The van der Waals surface area contributed by atoms with Crippen LogP contribution in [-0.4, -0.2) is 5.91 Å². The van der Waals surface area contributed by atoms with Crippen molar-refractivity contribution in [3.05, 3.63) is 71.5 Å². The Morgan fingerprint density at radius 1 is 1.10 bits per heavy atom. The van der Waals surface area contributed by atoms with Crippen LogP contribution in [0.2, 0.25) is 5.02 Å². The molecule has 0 bridgehead atoms. The van der Waals surface area contributed by atoms with Crippen molar-refractivity contribution in [3.8, 4) is 0 Å². The molecule has 104 valence electrons. The first-order chi connectivity index (χ1) is 10.2. The number of para-hydroxylation sites is 2. The summed E-state index contributed by atoms with van der Waals surface area (Å²) in [6.45, 7) is 0. The smallest absolute Gasteiger partial charge is 0.248 e. The number of halogens is 1. The second-order valence-electron chi connectivity index (χ2n) is 4.49. The molecule has 0 unspecified atom stereocenters. The van der Waals surface area contributed by atoms with E-state index in [0.717, 1.165) is 11.0 Å². The predicted octanol–water partition coefficient (Wildman–Crippen LogP) is 4.74. The Morgan fingerprint density at radius 3 is 2.67 bits per heavy atom. The second-order valence-corrected chi connectivity index (χ2v) is 4.90. The number of benzene rings is 2. The van der Waals surface area contributed by atoms with Crippen LogP contribution in [0.3, 0.4) is 0 Å². The fourth-order valence-electron chi connectivity index (χ4n) is 1.98. The average molecular weight is 298 g/mol. The van der Waals surface area contributed by atoms with Gasteiger partial charge in [0, 0.05) is 11.5 Å². The van der Waals surface area contributed by atoms with Crippen LogP contribution in [0.15, 0.2) is 65.1 Å². The molecule has 0 aliphatic heterocycles. The van der Waals surface area contributed by atoms with Gasteiger partial charge in [0.05, 0.1) is 10.7 Å². The molecule has 3 rings (SSSR count). The highest BCUT2D eigenvalue weighted by Crippen LogP contribution is 2.21. The highest BCUT2D eigenvalue weighted by atomic mass is 35.5. The van der Waals surface area contributed by atoms with Crippen molar-refractivity contribution < 1.29 is 9.21 Å². The van der Waals surface area contributed by atoms with Crippen LogP contribution in [0.5, 0.6) is 0 Å². The number of rotatable bonds is 3. The van der Waals surface area contributed by atoms with E-state index in [1.807, 2.05) is 42.5 Å². The van der Waals surface area contributed by atoms with Crippen LogP contribution in [0.4, 0.5) is 5.69 Å². The van der Waals surface area contributed by atoms with E-state index in [1.54, 1.807) is 18.2 Å². The van der Waals surface area contributed by atoms with E-state index in [0.29, 0.717) is 16.5 Å². The van der Waals surface area contributed by atoms with Gasteiger partial charge in [0.15, 0.2) is 0 Å². The van der Waals surface area contributed by atoms with E-state index in [2.05, 4.69) is 5.32 Å². The summed E-state index contributed by atoms with van der Waals surface area (Å²) in [6, 6.07) is 16.7. The van der Waals surface area contributed by atoms with Gasteiger partial charge in [-0.25, -0.2) is 0 Å². The summed E-state index contributed by atoms with van der Waals surface area (Å²) in [4.78, 5) is 11.9. The monoisotopic (exact) mass is 297 g/mol. The number of carbonyl (C=O) groups is 1. The zero-order valence-corrected chi connectivity index (χ0v) is 11.8. The van der Waals surface area contributed by atoms with Crippen molar-refractivity contribution >= 4 is 40.2 Å². The molecule has 0 aliphatic rings. The number of hydrogen-bond donors (Lipinski definition) is 1. The Bertz CT molecular complexity index is 787. The Morgan fingerprint density at radius 2 is 1.86 bits per heavy atom. The maximum Gasteiger partial charge on any atom is 0.248 e. The van der Waals surface area contributed by atoms with E-state index in [-0.39, 0.29) is 5.91 Å². The number of nitrogens with one attached hydrogen (secondary N) is 1. The second kappa shape index (κ2) is 5.85. The Balaban J connectivity index is 1.73. The van der Waals surface area contributed by atoms with Crippen molar-refractivity contribution in [1.29, 1.82) is 0 Å². The summed E-state index contributed by atoms with van der Waals surface area (Å²) in [7, 11) is 0. The van der Waals surface area contributed by atoms with Gasteiger partial charge in [-0.1, -0.05) is 41.9 Å². The Hall–Kier alpha value is -2.52. The minimum atomic E-state index is -0.261. The number of hydrogen-bond acceptors (Lipinski definition) is 2. The minimum absolute atomic E-state index is 0.261. The van der Waals surface area contributed by atoms with Gasteiger partial charge < -0.3 is 9.73 Å². The molecule has 0 aliphatic carbocycles. The van der Waals surface area contributed by atoms with Crippen LogP contribution >= 0.6 is 11.6 Å². The van der Waals surface area contributed by atoms with Gasteiger partial charge in [0.1, 0.15) is 11.3 Å². The molecule has 0 fully saturated rings. The Labute approximate surface area is 126 Å². The molecule has 4 heteroatoms. The highest BCUT2D eigenvalue weighted by Gasteiger charge is 2.03. The van der Waals surface area contributed by atoms with Crippen LogP contribution < -0.4 is 5.32 Å². The van der Waals surface area contributed by atoms with Crippen LogP contribution in [-0.2, 0) is 4.79 Å². The molecule has 1 heterocycles. The molecule has 1 amide bonds. The molecule has 0 radical (unpaired) electrons. The van der Waals surface area contributed by atoms with Gasteiger partial charge in [0.25, 0.3) is 0 Å². The molecular formula is C17H12ClNO2. The number of carbonyl (C=O) groups excluding carboxylic acids is 1. The van der Waals surface area contributed by atoms with E-state index >= 15 is 0 Å². The molecule has 0 atom stereocenters. The molecule has 0 saturated heterocycles. The first-order valence-electron chi connectivity index (χ1n) is 6.44. The normalized spacial score (nSPS) is 11.1. The lowest BCUT2D eigenvalue weighted by Gasteiger charge is -2.03. The topological polar surface area (TPSA) is 42.2 Å². The summed E-state index contributed by atoms with van der Waals surface area (Å²) in [5.41, 5.74) is 1.38. The van der Waals surface area contributed by atoms with Gasteiger partial charge >= 0.3 is 0 Å². The summed E-state index contributed by atoms with van der Waals surface area (Å²) in [5, 5.41) is 4.22. The van der Waals surface area contributed by atoms with E-state index in [1.165, 1.54) is 6.08 Å². The molecule has 0 spiro atoms. The fourth-order valence-corrected chi connectivity index (χ4v) is 2.16. The van der Waals surface area contributed by atoms with Gasteiger partial charge in [-0.3, -0.25) is 4.79 Å². The fraction of sp³-hybridized carbons (Fsp3) is 0. The number of fused-ring (bicyclic) bond motifs is 1. The molecular weight excluding hydrogens is 286 g/mol. The molecule has 3 aromatic rings. The van der Waals surface area contributed by atoms with Crippen LogP contribution in [0.25, 0.3) is 17.0 Å². The summed E-state index contributed by atoms with van der Waals surface area (Å²) in [6.07, 6.45) is 3.05. The predicted molar refractivity (Wildman–Crippen MR) is 85.3 cm³/mol. The summed E-state index contributed by atoms with van der Waals surface area (Å²) < 4.78 is 5.60. The van der Waals surface area contributed by atoms with Crippen molar-refractivity contribution in [3.63, 3.8) is 0 Å². The molecule has 21 heavy (non-hydrogen) atoms. The van der Waals surface area contributed by atoms with Crippen molar-refractivity contribution in [2.75, 3.05) is 5.32 Å². The average Bonchev–Trinajstić information content (AvgIpc) is 2.90. The highest BCUT2D eigenvalue weighted by molar-refractivity contribution is 6.33. The third-order valence-electron chi connectivity index (χ3n) is 2.98. The lowest BCUT2D eigenvalue weighted by Crippen LogP contribution is -2.07. The van der Waals surface area contributed by atoms with Gasteiger partial charge in [-0.15, -0.1) is 0 Å². The lowest BCUT2D eigenvalue weighted by molar-refractivity contribution is -0.111. The van der Waals surface area contributed by atoms with Crippen molar-refractivity contribution in [1.82, 2.24) is 0 Å². The van der Waals surface area contributed by atoms with Crippen LogP contribution in [0.1, 0.15) is 5.76 Å². The van der Waals surface area contributed by atoms with Gasteiger partial charge in [-0.2, -0.15) is 0 Å². The van der Waals surface area contributed by atoms with Gasteiger partial charge in [-0.05, 0) is 30.3 Å². The first-order valence-corrected chi connectivity index (χ1v) is 6.82. The van der Waals surface area contributed by atoms with E-state index in [4.69, 9.17) is 16.0 Å². The standard InChI is InChI=1S/C17H12ClNO2/c18-14-6-2-3-7-15(14)19-17(20)10-9-13-11-12-5-1-4-8-16(12)21-13/h1-11H,(H,19,20)/b10-9+. The molecule has 0 saturated carbocycles. The maximum atomic E-state index is 11.9. The molecule has 1 aromatic heterocycles.